The van der Waals surface area contributed by atoms with Gasteiger partial charge in [0.05, 0.1) is 31.9 Å². The molecule has 0 bridgehead atoms. The summed E-state index contributed by atoms with van der Waals surface area (Å²) in [7, 11) is 1.56. The lowest BCUT2D eigenvalue weighted by Gasteiger charge is -2.30. The van der Waals surface area contributed by atoms with Gasteiger partial charge in [-0.05, 0) is 36.2 Å². The Labute approximate surface area is 203 Å². The molecule has 0 saturated carbocycles. The Morgan fingerprint density at radius 2 is 1.89 bits per heavy atom. The molecular formula is C27H28N2O6. The van der Waals surface area contributed by atoms with E-state index in [2.05, 4.69) is 4.90 Å². The van der Waals surface area contributed by atoms with Crippen LogP contribution in [-0.2, 0) is 9.53 Å². The van der Waals surface area contributed by atoms with Crippen molar-refractivity contribution in [2.75, 3.05) is 46.5 Å². The number of aliphatic hydroxyl groups is 1. The van der Waals surface area contributed by atoms with E-state index in [1.165, 1.54) is 0 Å². The molecule has 35 heavy (non-hydrogen) atoms. The minimum atomic E-state index is -0.747. The molecule has 0 unspecified atom stereocenters. The Balaban J connectivity index is 1.47. The zero-order chi connectivity index (χ0) is 24.4. The fourth-order valence-electron chi connectivity index (χ4n) is 4.79. The van der Waals surface area contributed by atoms with Gasteiger partial charge in [-0.25, -0.2) is 0 Å². The first-order chi connectivity index (χ1) is 17.1. The van der Waals surface area contributed by atoms with Gasteiger partial charge in [-0.2, -0.15) is 0 Å². The second kappa shape index (κ2) is 9.93. The summed E-state index contributed by atoms with van der Waals surface area (Å²) in [5.74, 6) is -0.904. The number of carbonyl (C=O) groups excluding carboxylic acids is 2. The van der Waals surface area contributed by atoms with Gasteiger partial charge in [0, 0.05) is 31.6 Å². The maximum absolute atomic E-state index is 13.6. The molecule has 1 fully saturated rings. The van der Waals surface area contributed by atoms with E-state index >= 15 is 0 Å². The first-order valence-electron chi connectivity index (χ1n) is 11.8. The molecule has 0 spiro atoms. The van der Waals surface area contributed by atoms with Gasteiger partial charge in [-0.1, -0.05) is 30.3 Å². The molecule has 0 radical (unpaired) electrons. The standard InChI is InChI=1S/C27H28N2O6/c1-33-20-8-4-7-19(16-20)24-23(25(30)22-17-18-6-2-3-9-21(18)35-22)26(31)27(32)29(24)11-5-10-28-12-14-34-15-13-28/h2-4,6-9,16-17,24,31H,5,10-15H2,1H3/t24-/m0/s1. The number of hydrogen-bond acceptors (Lipinski definition) is 7. The van der Waals surface area contributed by atoms with Gasteiger partial charge in [0.1, 0.15) is 11.3 Å². The Kier molecular flexibility index (Phi) is 6.57. The molecule has 8 heteroatoms. The molecule has 1 saturated heterocycles. The van der Waals surface area contributed by atoms with Crippen LogP contribution in [0.3, 0.4) is 0 Å². The molecule has 1 aromatic heterocycles. The number of methoxy groups -OCH3 is 1. The number of Topliss-reactive ketones (excluding diaryl/α,β-unsaturated/α-hetero) is 1. The number of amides is 1. The topological polar surface area (TPSA) is 92.5 Å². The maximum atomic E-state index is 13.6. The first-order valence-corrected chi connectivity index (χ1v) is 11.8. The lowest BCUT2D eigenvalue weighted by molar-refractivity contribution is -0.129. The van der Waals surface area contributed by atoms with Gasteiger partial charge in [-0.3, -0.25) is 14.5 Å². The summed E-state index contributed by atoms with van der Waals surface area (Å²) in [5.41, 5.74) is 1.28. The number of hydrogen-bond donors (Lipinski definition) is 1. The van der Waals surface area contributed by atoms with Crippen molar-refractivity contribution in [2.24, 2.45) is 0 Å². The zero-order valence-electron chi connectivity index (χ0n) is 19.6. The van der Waals surface area contributed by atoms with E-state index in [4.69, 9.17) is 13.9 Å². The van der Waals surface area contributed by atoms with E-state index in [0.717, 1.165) is 25.0 Å². The molecule has 8 nitrogen and oxygen atoms in total. The fraction of sp³-hybridized carbons (Fsp3) is 0.333. The number of morpholine rings is 1. The summed E-state index contributed by atoms with van der Waals surface area (Å²) >= 11 is 0. The SMILES string of the molecule is COc1cccc([C@H]2C(C(=O)c3cc4ccccc4o3)=C(O)C(=O)N2CCCN2CCOCC2)c1. The Morgan fingerprint density at radius 1 is 1.09 bits per heavy atom. The maximum Gasteiger partial charge on any atom is 0.290 e. The number of para-hydroxylation sites is 1. The van der Waals surface area contributed by atoms with Crippen LogP contribution in [-0.4, -0.2) is 73.1 Å². The molecule has 182 valence electrons. The van der Waals surface area contributed by atoms with Gasteiger partial charge < -0.3 is 23.9 Å². The zero-order valence-corrected chi connectivity index (χ0v) is 19.6. The van der Waals surface area contributed by atoms with Gasteiger partial charge in [0.25, 0.3) is 5.91 Å². The molecule has 2 aromatic carbocycles. The summed E-state index contributed by atoms with van der Waals surface area (Å²) in [6.45, 7) is 4.30. The van der Waals surface area contributed by atoms with Crippen molar-refractivity contribution < 1.29 is 28.6 Å². The normalized spacial score (nSPS) is 19.1. The summed E-state index contributed by atoms with van der Waals surface area (Å²) < 4.78 is 16.6. The quantitative estimate of drug-likeness (QED) is 0.495. The van der Waals surface area contributed by atoms with Crippen molar-refractivity contribution in [3.63, 3.8) is 0 Å². The monoisotopic (exact) mass is 476 g/mol. The van der Waals surface area contributed by atoms with Crippen molar-refractivity contribution in [1.29, 1.82) is 0 Å². The predicted octanol–water partition coefficient (Wildman–Crippen LogP) is 3.74. The molecule has 5 rings (SSSR count). The highest BCUT2D eigenvalue weighted by Crippen LogP contribution is 2.40. The molecule has 1 N–H and O–H groups in total. The third-order valence-electron chi connectivity index (χ3n) is 6.58. The molecule has 1 atom stereocenters. The van der Waals surface area contributed by atoms with Gasteiger partial charge in [-0.15, -0.1) is 0 Å². The van der Waals surface area contributed by atoms with Crippen LogP contribution in [0.5, 0.6) is 5.75 Å². The second-order valence-corrected chi connectivity index (χ2v) is 8.73. The van der Waals surface area contributed by atoms with E-state index < -0.39 is 23.5 Å². The Morgan fingerprint density at radius 3 is 2.66 bits per heavy atom. The highest BCUT2D eigenvalue weighted by molar-refractivity contribution is 6.16. The van der Waals surface area contributed by atoms with Crippen molar-refractivity contribution in [1.82, 2.24) is 9.80 Å². The van der Waals surface area contributed by atoms with Crippen LogP contribution in [0.2, 0.25) is 0 Å². The number of ketones is 1. The van der Waals surface area contributed by atoms with Crippen LogP contribution < -0.4 is 4.74 Å². The van der Waals surface area contributed by atoms with Gasteiger partial charge in [0.15, 0.2) is 11.5 Å². The van der Waals surface area contributed by atoms with Crippen molar-refractivity contribution in [2.45, 2.75) is 12.5 Å². The number of nitrogens with zero attached hydrogens (tertiary/aromatic N) is 2. The first kappa shape index (κ1) is 23.1. The van der Waals surface area contributed by atoms with E-state index in [0.29, 0.717) is 43.1 Å². The lowest BCUT2D eigenvalue weighted by Crippen LogP contribution is -2.39. The highest BCUT2D eigenvalue weighted by atomic mass is 16.5. The number of ether oxygens (including phenoxy) is 2. The summed E-state index contributed by atoms with van der Waals surface area (Å²) in [4.78, 5) is 30.7. The number of rotatable bonds is 8. The minimum absolute atomic E-state index is 0.0219. The van der Waals surface area contributed by atoms with Gasteiger partial charge in [0.2, 0.25) is 5.78 Å². The van der Waals surface area contributed by atoms with Crippen LogP contribution in [0, 0.1) is 0 Å². The predicted molar refractivity (Wildman–Crippen MR) is 130 cm³/mol. The molecule has 1 amide bonds. The van der Waals surface area contributed by atoms with Crippen molar-refractivity contribution in [3.05, 3.63) is 77.3 Å². The molecular weight excluding hydrogens is 448 g/mol. The smallest absolute Gasteiger partial charge is 0.290 e. The van der Waals surface area contributed by atoms with Crippen LogP contribution in [0.25, 0.3) is 11.0 Å². The average molecular weight is 477 g/mol. The Bertz CT molecular complexity index is 1240. The minimum Gasteiger partial charge on any atom is -0.503 e. The molecule has 0 aliphatic carbocycles. The summed E-state index contributed by atoms with van der Waals surface area (Å²) in [6, 6.07) is 15.4. The van der Waals surface area contributed by atoms with E-state index in [9.17, 15) is 14.7 Å². The number of aliphatic hydroxyl groups excluding tert-OH is 1. The third-order valence-corrected chi connectivity index (χ3v) is 6.58. The molecule has 2 aliphatic rings. The Hall–Kier alpha value is -3.62. The number of carbonyl (C=O) groups is 2. The number of fused-ring (bicyclic) bond motifs is 1. The van der Waals surface area contributed by atoms with Crippen LogP contribution in [0.1, 0.15) is 28.6 Å². The summed E-state index contributed by atoms with van der Waals surface area (Å²) in [6.07, 6.45) is 0.700. The third kappa shape index (κ3) is 4.54. The molecule has 3 aromatic rings. The number of furan rings is 1. The average Bonchev–Trinajstić information content (AvgIpc) is 3.44. The second-order valence-electron chi connectivity index (χ2n) is 8.73. The van der Waals surface area contributed by atoms with E-state index in [1.807, 2.05) is 30.3 Å². The number of benzene rings is 2. The fourth-order valence-corrected chi connectivity index (χ4v) is 4.79. The van der Waals surface area contributed by atoms with Gasteiger partial charge >= 0.3 is 0 Å². The van der Waals surface area contributed by atoms with E-state index in [-0.39, 0.29) is 11.3 Å². The van der Waals surface area contributed by atoms with Crippen molar-refractivity contribution in [3.8, 4) is 5.75 Å². The highest BCUT2D eigenvalue weighted by Gasteiger charge is 2.44. The van der Waals surface area contributed by atoms with Crippen LogP contribution in [0.4, 0.5) is 0 Å². The summed E-state index contributed by atoms with van der Waals surface area (Å²) in [5, 5.41) is 11.7. The molecule has 3 heterocycles. The molecule has 2 aliphatic heterocycles. The lowest BCUT2D eigenvalue weighted by atomic mass is 9.94. The van der Waals surface area contributed by atoms with Crippen LogP contribution in [0.15, 0.2) is 70.3 Å². The largest absolute Gasteiger partial charge is 0.503 e. The van der Waals surface area contributed by atoms with Crippen LogP contribution >= 0.6 is 0 Å². The van der Waals surface area contributed by atoms with Crippen molar-refractivity contribution >= 4 is 22.7 Å². The van der Waals surface area contributed by atoms with E-state index in [1.54, 1.807) is 36.3 Å².